The van der Waals surface area contributed by atoms with Gasteiger partial charge in [0.25, 0.3) is 0 Å². The van der Waals surface area contributed by atoms with Crippen molar-refractivity contribution in [1.29, 1.82) is 0 Å². The molecule has 0 aliphatic rings. The maximum absolute atomic E-state index is 5.79. The van der Waals surface area contributed by atoms with Crippen molar-refractivity contribution in [2.24, 2.45) is 5.92 Å². The summed E-state index contributed by atoms with van der Waals surface area (Å²) in [5.41, 5.74) is 1.05. The van der Waals surface area contributed by atoms with E-state index >= 15 is 0 Å². The maximum Gasteiger partial charge on any atom is 0.221 e. The first-order valence-corrected chi connectivity index (χ1v) is 6.37. The largest absolute Gasteiger partial charge is 0.477 e. The summed E-state index contributed by atoms with van der Waals surface area (Å²) in [5.74, 6) is 2.15. The Labute approximate surface area is 104 Å². The van der Waals surface area contributed by atoms with Gasteiger partial charge in [-0.2, -0.15) is 0 Å². The van der Waals surface area contributed by atoms with Gasteiger partial charge in [0, 0.05) is 7.05 Å². The molecule has 0 radical (unpaired) electrons. The first-order valence-electron chi connectivity index (χ1n) is 6.37. The van der Waals surface area contributed by atoms with Crippen LogP contribution in [0, 0.1) is 5.92 Å². The summed E-state index contributed by atoms with van der Waals surface area (Å²) in [6, 6.07) is 0. The van der Waals surface area contributed by atoms with Crippen molar-refractivity contribution in [3.05, 3.63) is 11.9 Å². The molecule has 0 bridgehead atoms. The third-order valence-corrected chi connectivity index (χ3v) is 2.78. The Hall–Kier alpha value is -1.32. The minimum absolute atomic E-state index is 0.567. The Kier molecular flexibility index (Phi) is 5.73. The Bertz CT molecular complexity index is 341. The minimum Gasteiger partial charge on any atom is -0.477 e. The molecule has 4 heteroatoms. The maximum atomic E-state index is 5.79. The number of hydrogen-bond acceptors (Lipinski definition) is 4. The third kappa shape index (κ3) is 3.88. The standard InChI is InChI=1S/C13H23N3O/c1-5-7-10(3)8-17-13-11(6-2)12(14-4)15-9-16-13/h9-10H,5-8H2,1-4H3,(H,14,15,16). The van der Waals surface area contributed by atoms with Gasteiger partial charge in [-0.1, -0.05) is 27.2 Å². The summed E-state index contributed by atoms with van der Waals surface area (Å²) < 4.78 is 5.79. The average molecular weight is 237 g/mol. The predicted molar refractivity (Wildman–Crippen MR) is 70.5 cm³/mol. The lowest BCUT2D eigenvalue weighted by atomic mass is 10.1. The van der Waals surface area contributed by atoms with Gasteiger partial charge >= 0.3 is 0 Å². The molecule has 1 unspecified atom stereocenters. The molecule has 0 aliphatic carbocycles. The molecule has 0 saturated heterocycles. The molecule has 1 N–H and O–H groups in total. The number of nitrogens with one attached hydrogen (secondary N) is 1. The van der Waals surface area contributed by atoms with E-state index < -0.39 is 0 Å². The zero-order valence-electron chi connectivity index (χ0n) is 11.3. The van der Waals surface area contributed by atoms with Gasteiger partial charge in [0.2, 0.25) is 5.88 Å². The minimum atomic E-state index is 0.567. The van der Waals surface area contributed by atoms with Crippen molar-refractivity contribution in [1.82, 2.24) is 9.97 Å². The molecular formula is C13H23N3O. The van der Waals surface area contributed by atoms with E-state index in [0.29, 0.717) is 5.92 Å². The van der Waals surface area contributed by atoms with Crippen LogP contribution in [0.5, 0.6) is 5.88 Å². The highest BCUT2D eigenvalue weighted by molar-refractivity contribution is 5.48. The van der Waals surface area contributed by atoms with Crippen LogP contribution in [-0.2, 0) is 6.42 Å². The summed E-state index contributed by atoms with van der Waals surface area (Å²) in [5, 5.41) is 3.07. The fourth-order valence-corrected chi connectivity index (χ4v) is 1.85. The lowest BCUT2D eigenvalue weighted by Crippen LogP contribution is -2.11. The molecule has 1 heterocycles. The molecule has 0 amide bonds. The normalized spacial score (nSPS) is 12.2. The average Bonchev–Trinajstić information content (AvgIpc) is 2.36. The first-order chi connectivity index (χ1) is 8.22. The van der Waals surface area contributed by atoms with Crippen LogP contribution in [0.25, 0.3) is 0 Å². The summed E-state index contributed by atoms with van der Waals surface area (Å²) >= 11 is 0. The zero-order valence-corrected chi connectivity index (χ0v) is 11.3. The Morgan fingerprint density at radius 1 is 1.35 bits per heavy atom. The fourth-order valence-electron chi connectivity index (χ4n) is 1.85. The Morgan fingerprint density at radius 2 is 2.12 bits per heavy atom. The molecule has 4 nitrogen and oxygen atoms in total. The summed E-state index contributed by atoms with van der Waals surface area (Å²) in [7, 11) is 1.87. The van der Waals surface area contributed by atoms with Gasteiger partial charge < -0.3 is 10.1 Å². The van der Waals surface area contributed by atoms with E-state index in [0.717, 1.165) is 30.3 Å². The predicted octanol–water partition coefficient (Wildman–Crippen LogP) is 2.90. The van der Waals surface area contributed by atoms with Crippen LogP contribution in [0.15, 0.2) is 6.33 Å². The van der Waals surface area contributed by atoms with Crippen molar-refractivity contribution in [3.8, 4) is 5.88 Å². The first kappa shape index (κ1) is 13.7. The Morgan fingerprint density at radius 3 is 2.71 bits per heavy atom. The smallest absolute Gasteiger partial charge is 0.221 e. The van der Waals surface area contributed by atoms with E-state index in [1.54, 1.807) is 6.33 Å². The molecule has 0 saturated carbocycles. The van der Waals surface area contributed by atoms with Gasteiger partial charge in [-0.3, -0.25) is 0 Å². The van der Waals surface area contributed by atoms with E-state index in [4.69, 9.17) is 4.74 Å². The summed E-state index contributed by atoms with van der Waals surface area (Å²) in [6.45, 7) is 7.20. The van der Waals surface area contributed by atoms with Gasteiger partial charge in [-0.25, -0.2) is 9.97 Å². The van der Waals surface area contributed by atoms with Crippen molar-refractivity contribution in [2.45, 2.75) is 40.0 Å². The van der Waals surface area contributed by atoms with Crippen molar-refractivity contribution in [3.63, 3.8) is 0 Å². The second-order valence-electron chi connectivity index (χ2n) is 4.31. The Balaban J connectivity index is 2.70. The van der Waals surface area contributed by atoms with Gasteiger partial charge in [0.15, 0.2) is 0 Å². The number of ether oxygens (including phenoxy) is 1. The van der Waals surface area contributed by atoms with Crippen LogP contribution >= 0.6 is 0 Å². The zero-order chi connectivity index (χ0) is 12.7. The molecular weight excluding hydrogens is 214 g/mol. The van der Waals surface area contributed by atoms with Crippen LogP contribution < -0.4 is 10.1 Å². The second kappa shape index (κ2) is 7.09. The number of hydrogen-bond donors (Lipinski definition) is 1. The van der Waals surface area contributed by atoms with Crippen molar-refractivity contribution < 1.29 is 4.74 Å². The summed E-state index contributed by atoms with van der Waals surface area (Å²) in [4.78, 5) is 8.41. The van der Waals surface area contributed by atoms with Crippen LogP contribution in [-0.4, -0.2) is 23.6 Å². The number of anilines is 1. The molecule has 0 fully saturated rings. The number of nitrogens with zero attached hydrogens (tertiary/aromatic N) is 2. The van der Waals surface area contributed by atoms with Crippen LogP contribution in [0.4, 0.5) is 5.82 Å². The van der Waals surface area contributed by atoms with Gasteiger partial charge in [-0.15, -0.1) is 0 Å². The second-order valence-corrected chi connectivity index (χ2v) is 4.31. The van der Waals surface area contributed by atoms with Crippen molar-refractivity contribution >= 4 is 5.82 Å². The highest BCUT2D eigenvalue weighted by atomic mass is 16.5. The molecule has 1 atom stereocenters. The molecule has 96 valence electrons. The molecule has 1 rings (SSSR count). The quantitative estimate of drug-likeness (QED) is 0.792. The van der Waals surface area contributed by atoms with E-state index in [1.807, 2.05) is 7.05 Å². The highest BCUT2D eigenvalue weighted by Gasteiger charge is 2.11. The molecule has 1 aromatic heterocycles. The SMILES string of the molecule is CCCC(C)COc1ncnc(NC)c1CC. The third-order valence-electron chi connectivity index (χ3n) is 2.78. The van der Waals surface area contributed by atoms with Gasteiger partial charge in [-0.05, 0) is 18.8 Å². The molecule has 1 aromatic rings. The van der Waals surface area contributed by atoms with E-state index in [1.165, 1.54) is 12.8 Å². The fraction of sp³-hybridized carbons (Fsp3) is 0.692. The summed E-state index contributed by atoms with van der Waals surface area (Å²) in [6.07, 6.45) is 4.79. The van der Waals surface area contributed by atoms with Gasteiger partial charge in [0.1, 0.15) is 12.1 Å². The lowest BCUT2D eigenvalue weighted by molar-refractivity contribution is 0.240. The van der Waals surface area contributed by atoms with E-state index in [9.17, 15) is 0 Å². The number of aromatic nitrogens is 2. The van der Waals surface area contributed by atoms with E-state index in [2.05, 4.69) is 36.1 Å². The van der Waals surface area contributed by atoms with Crippen LogP contribution in [0.1, 0.15) is 39.2 Å². The monoisotopic (exact) mass is 237 g/mol. The molecule has 0 aromatic carbocycles. The topological polar surface area (TPSA) is 47.0 Å². The highest BCUT2D eigenvalue weighted by Crippen LogP contribution is 2.22. The molecule has 0 spiro atoms. The molecule has 17 heavy (non-hydrogen) atoms. The molecule has 0 aliphatic heterocycles. The van der Waals surface area contributed by atoms with Gasteiger partial charge in [0.05, 0.1) is 12.2 Å². The van der Waals surface area contributed by atoms with Crippen LogP contribution in [0.3, 0.4) is 0 Å². The van der Waals surface area contributed by atoms with E-state index in [-0.39, 0.29) is 0 Å². The number of rotatable bonds is 7. The lowest BCUT2D eigenvalue weighted by Gasteiger charge is -2.15. The van der Waals surface area contributed by atoms with Crippen LogP contribution in [0.2, 0.25) is 0 Å². The van der Waals surface area contributed by atoms with Crippen molar-refractivity contribution in [2.75, 3.05) is 19.0 Å².